The lowest BCUT2D eigenvalue weighted by Gasteiger charge is -2.24. The van der Waals surface area contributed by atoms with Crippen LogP contribution in [0.3, 0.4) is 0 Å². The second kappa shape index (κ2) is 7.05. The molecule has 1 aromatic rings. The highest BCUT2D eigenvalue weighted by atomic mass is 16.4. The lowest BCUT2D eigenvalue weighted by Crippen LogP contribution is -2.52. The Balaban J connectivity index is 2.57. The zero-order chi connectivity index (χ0) is 15.2. The zero-order valence-electron chi connectivity index (χ0n) is 12.2. The van der Waals surface area contributed by atoms with Gasteiger partial charge in [-0.1, -0.05) is 25.1 Å². The van der Waals surface area contributed by atoms with Crippen molar-refractivity contribution in [3.8, 4) is 0 Å². The van der Waals surface area contributed by atoms with E-state index >= 15 is 0 Å². The second-order valence-corrected chi connectivity index (χ2v) is 5.12. The van der Waals surface area contributed by atoms with E-state index < -0.39 is 11.5 Å². The van der Waals surface area contributed by atoms with Crippen molar-refractivity contribution in [2.24, 2.45) is 0 Å². The molecule has 1 amide bonds. The van der Waals surface area contributed by atoms with Gasteiger partial charge in [0.15, 0.2) is 0 Å². The second-order valence-electron chi connectivity index (χ2n) is 5.12. The molecule has 5 nitrogen and oxygen atoms in total. The molecule has 5 heteroatoms. The van der Waals surface area contributed by atoms with Gasteiger partial charge in [0.25, 0.3) is 0 Å². The van der Waals surface area contributed by atoms with Crippen molar-refractivity contribution in [1.82, 2.24) is 10.6 Å². The molecule has 0 spiro atoms. The summed E-state index contributed by atoms with van der Waals surface area (Å²) in [7, 11) is 0. The highest BCUT2D eigenvalue weighted by Gasteiger charge is 2.25. The van der Waals surface area contributed by atoms with Gasteiger partial charge < -0.3 is 15.7 Å². The fourth-order valence-corrected chi connectivity index (χ4v) is 2.00. The summed E-state index contributed by atoms with van der Waals surface area (Å²) in [6.45, 7) is 6.70. The number of carbonyl (C=O) groups excluding carboxylic acids is 1. The number of hydrogen-bond donors (Lipinski definition) is 3. The van der Waals surface area contributed by atoms with Crippen LogP contribution in [-0.4, -0.2) is 35.6 Å². The average Bonchev–Trinajstić information content (AvgIpc) is 2.38. The Labute approximate surface area is 119 Å². The van der Waals surface area contributed by atoms with Crippen LogP contribution in [0, 0.1) is 0 Å². The monoisotopic (exact) mass is 278 g/mol. The maximum atomic E-state index is 12.0. The largest absolute Gasteiger partial charge is 0.478 e. The summed E-state index contributed by atoms with van der Waals surface area (Å²) in [4.78, 5) is 23.0. The maximum absolute atomic E-state index is 12.0. The SMILES string of the molecule is CCNC(C)(C)C(=O)NCCc1ccccc1C(=O)O. The van der Waals surface area contributed by atoms with E-state index in [0.717, 1.165) is 5.56 Å². The van der Waals surface area contributed by atoms with Crippen LogP contribution < -0.4 is 10.6 Å². The van der Waals surface area contributed by atoms with Gasteiger partial charge in [0, 0.05) is 6.54 Å². The van der Waals surface area contributed by atoms with Crippen molar-refractivity contribution in [2.75, 3.05) is 13.1 Å². The Kier molecular flexibility index (Phi) is 5.70. The van der Waals surface area contributed by atoms with Crippen LogP contribution in [0.2, 0.25) is 0 Å². The van der Waals surface area contributed by atoms with Crippen LogP contribution in [0.4, 0.5) is 0 Å². The normalized spacial score (nSPS) is 11.2. The van der Waals surface area contributed by atoms with E-state index in [9.17, 15) is 9.59 Å². The molecule has 0 aromatic heterocycles. The quantitative estimate of drug-likeness (QED) is 0.705. The maximum Gasteiger partial charge on any atom is 0.335 e. The molecule has 1 aromatic carbocycles. The van der Waals surface area contributed by atoms with Gasteiger partial charge in [0.2, 0.25) is 5.91 Å². The van der Waals surface area contributed by atoms with E-state index in [0.29, 0.717) is 19.5 Å². The number of carboxylic acids is 1. The van der Waals surface area contributed by atoms with Crippen molar-refractivity contribution in [3.63, 3.8) is 0 Å². The molecule has 0 aliphatic carbocycles. The van der Waals surface area contributed by atoms with Crippen LogP contribution in [-0.2, 0) is 11.2 Å². The third kappa shape index (κ3) is 4.35. The van der Waals surface area contributed by atoms with Crippen molar-refractivity contribution in [2.45, 2.75) is 32.7 Å². The molecular weight excluding hydrogens is 256 g/mol. The topological polar surface area (TPSA) is 78.4 Å². The lowest BCUT2D eigenvalue weighted by atomic mass is 10.0. The molecular formula is C15H22N2O3. The van der Waals surface area contributed by atoms with E-state index in [2.05, 4.69) is 10.6 Å². The standard InChI is InChI=1S/C15H22N2O3/c1-4-17-15(2,3)14(20)16-10-9-11-7-5-6-8-12(11)13(18)19/h5-8,17H,4,9-10H2,1-3H3,(H,16,20)(H,18,19). The van der Waals surface area contributed by atoms with Gasteiger partial charge in [0.05, 0.1) is 11.1 Å². The average molecular weight is 278 g/mol. The number of amides is 1. The molecule has 110 valence electrons. The van der Waals surface area contributed by atoms with Gasteiger partial charge in [0.1, 0.15) is 0 Å². The molecule has 0 aliphatic rings. The number of rotatable bonds is 7. The van der Waals surface area contributed by atoms with E-state index in [-0.39, 0.29) is 11.5 Å². The first-order valence-corrected chi connectivity index (χ1v) is 6.73. The van der Waals surface area contributed by atoms with Crippen LogP contribution in [0.5, 0.6) is 0 Å². The molecule has 3 N–H and O–H groups in total. The van der Waals surface area contributed by atoms with E-state index in [1.165, 1.54) is 0 Å². The molecule has 0 unspecified atom stereocenters. The number of benzene rings is 1. The zero-order valence-corrected chi connectivity index (χ0v) is 12.2. The molecule has 20 heavy (non-hydrogen) atoms. The summed E-state index contributed by atoms with van der Waals surface area (Å²) < 4.78 is 0. The Morgan fingerprint density at radius 3 is 2.50 bits per heavy atom. The summed E-state index contributed by atoms with van der Waals surface area (Å²) in [6, 6.07) is 6.83. The van der Waals surface area contributed by atoms with E-state index in [1.807, 2.05) is 20.8 Å². The van der Waals surface area contributed by atoms with Gasteiger partial charge >= 0.3 is 5.97 Å². The van der Waals surface area contributed by atoms with Crippen LogP contribution in [0.25, 0.3) is 0 Å². The Morgan fingerprint density at radius 2 is 1.90 bits per heavy atom. The first-order valence-electron chi connectivity index (χ1n) is 6.73. The number of carbonyl (C=O) groups is 2. The predicted molar refractivity (Wildman–Crippen MR) is 77.9 cm³/mol. The molecule has 0 aliphatic heterocycles. The molecule has 0 saturated heterocycles. The summed E-state index contributed by atoms with van der Waals surface area (Å²) in [5.74, 6) is -1.04. The molecule has 0 saturated carbocycles. The first-order chi connectivity index (χ1) is 9.38. The minimum atomic E-state index is -0.945. The number of aromatic carboxylic acids is 1. The predicted octanol–water partition coefficient (Wildman–Crippen LogP) is 1.43. The van der Waals surface area contributed by atoms with Gasteiger partial charge in [-0.15, -0.1) is 0 Å². The number of nitrogens with one attached hydrogen (secondary N) is 2. The number of likely N-dealkylation sites (N-methyl/N-ethyl adjacent to an activating group) is 1. The fourth-order valence-electron chi connectivity index (χ4n) is 2.00. The van der Waals surface area contributed by atoms with Crippen LogP contribution >= 0.6 is 0 Å². The van der Waals surface area contributed by atoms with Crippen molar-refractivity contribution < 1.29 is 14.7 Å². The summed E-state index contributed by atoms with van der Waals surface area (Å²) >= 11 is 0. The third-order valence-electron chi connectivity index (χ3n) is 3.11. The lowest BCUT2D eigenvalue weighted by molar-refractivity contribution is -0.126. The molecule has 0 atom stereocenters. The molecule has 0 radical (unpaired) electrons. The van der Waals surface area contributed by atoms with E-state index in [1.54, 1.807) is 24.3 Å². The minimum absolute atomic E-state index is 0.0906. The molecule has 0 heterocycles. The Morgan fingerprint density at radius 1 is 1.25 bits per heavy atom. The Hall–Kier alpha value is -1.88. The first kappa shape index (κ1) is 16.2. The number of hydrogen-bond acceptors (Lipinski definition) is 3. The van der Waals surface area contributed by atoms with Crippen LogP contribution in [0.1, 0.15) is 36.7 Å². The van der Waals surface area contributed by atoms with Gasteiger partial charge in [-0.25, -0.2) is 4.79 Å². The Bertz CT molecular complexity index is 484. The number of carboxylic acid groups (broad SMARTS) is 1. The van der Waals surface area contributed by atoms with Crippen molar-refractivity contribution in [3.05, 3.63) is 35.4 Å². The summed E-state index contributed by atoms with van der Waals surface area (Å²) in [5, 5.41) is 15.0. The fraction of sp³-hybridized carbons (Fsp3) is 0.467. The molecule has 0 fully saturated rings. The third-order valence-corrected chi connectivity index (χ3v) is 3.11. The smallest absolute Gasteiger partial charge is 0.335 e. The highest BCUT2D eigenvalue weighted by molar-refractivity contribution is 5.89. The minimum Gasteiger partial charge on any atom is -0.478 e. The van der Waals surface area contributed by atoms with E-state index in [4.69, 9.17) is 5.11 Å². The molecule has 1 rings (SSSR count). The van der Waals surface area contributed by atoms with Gasteiger partial charge in [-0.05, 0) is 38.4 Å². The summed E-state index contributed by atoms with van der Waals surface area (Å²) in [5.41, 5.74) is 0.385. The van der Waals surface area contributed by atoms with Crippen molar-refractivity contribution in [1.29, 1.82) is 0 Å². The summed E-state index contributed by atoms with van der Waals surface area (Å²) in [6.07, 6.45) is 0.496. The van der Waals surface area contributed by atoms with Gasteiger partial charge in [-0.2, -0.15) is 0 Å². The molecule has 0 bridgehead atoms. The van der Waals surface area contributed by atoms with Gasteiger partial charge in [-0.3, -0.25) is 4.79 Å². The van der Waals surface area contributed by atoms with Crippen LogP contribution in [0.15, 0.2) is 24.3 Å². The van der Waals surface area contributed by atoms with Crippen molar-refractivity contribution >= 4 is 11.9 Å². The highest BCUT2D eigenvalue weighted by Crippen LogP contribution is 2.09.